The van der Waals surface area contributed by atoms with Crippen molar-refractivity contribution >= 4 is 17.1 Å². The molecule has 0 atom stereocenters. The number of rotatable bonds is 2. The van der Waals surface area contributed by atoms with Gasteiger partial charge in [-0.3, -0.25) is 0 Å². The maximum absolute atomic E-state index is 5.41. The summed E-state index contributed by atoms with van der Waals surface area (Å²) in [7, 11) is 0. The number of aryl methyl sites for hydroxylation is 1. The summed E-state index contributed by atoms with van der Waals surface area (Å²) < 4.78 is 0. The maximum Gasteiger partial charge on any atom is 0.104 e. The molecular formula is C11H13N3. The summed E-state index contributed by atoms with van der Waals surface area (Å²) in [4.78, 5) is 7.62. The van der Waals surface area contributed by atoms with E-state index in [1.807, 2.05) is 37.3 Å². The smallest absolute Gasteiger partial charge is 0.104 e. The number of aromatic amines is 1. The lowest BCUT2D eigenvalue weighted by atomic mass is 10.2. The van der Waals surface area contributed by atoms with E-state index in [0.29, 0.717) is 6.54 Å². The lowest BCUT2D eigenvalue weighted by molar-refractivity contribution is 1.17. The number of imidazole rings is 1. The van der Waals surface area contributed by atoms with Crippen LogP contribution in [0.4, 0.5) is 0 Å². The van der Waals surface area contributed by atoms with Gasteiger partial charge in [-0.1, -0.05) is 24.3 Å². The molecule has 72 valence electrons. The van der Waals surface area contributed by atoms with Crippen molar-refractivity contribution in [3.05, 3.63) is 35.7 Å². The van der Waals surface area contributed by atoms with Gasteiger partial charge in [-0.25, -0.2) is 4.98 Å². The first-order valence-corrected chi connectivity index (χ1v) is 4.63. The molecule has 14 heavy (non-hydrogen) atoms. The third-order valence-corrected chi connectivity index (χ3v) is 2.10. The molecule has 1 heterocycles. The van der Waals surface area contributed by atoms with Crippen LogP contribution >= 0.6 is 0 Å². The van der Waals surface area contributed by atoms with Crippen molar-refractivity contribution in [1.82, 2.24) is 9.97 Å². The number of H-pyrrole nitrogens is 1. The second-order valence-electron chi connectivity index (χ2n) is 3.20. The van der Waals surface area contributed by atoms with Gasteiger partial charge in [-0.2, -0.15) is 0 Å². The highest BCUT2D eigenvalue weighted by atomic mass is 14.9. The molecular weight excluding hydrogens is 174 g/mol. The third kappa shape index (κ3) is 1.54. The fraction of sp³-hybridized carbons (Fsp3) is 0.182. The topological polar surface area (TPSA) is 54.7 Å². The molecule has 2 rings (SSSR count). The van der Waals surface area contributed by atoms with Crippen LogP contribution in [-0.4, -0.2) is 16.5 Å². The first-order chi connectivity index (χ1) is 6.81. The Kier molecular flexibility index (Phi) is 2.33. The first kappa shape index (κ1) is 8.97. The summed E-state index contributed by atoms with van der Waals surface area (Å²) in [6.45, 7) is 2.51. The highest BCUT2D eigenvalue weighted by Gasteiger charge is 2.01. The van der Waals surface area contributed by atoms with Crippen LogP contribution in [-0.2, 0) is 0 Å². The molecule has 0 bridgehead atoms. The lowest BCUT2D eigenvalue weighted by Gasteiger charge is -1.93. The Balaban J connectivity index is 2.58. The van der Waals surface area contributed by atoms with Crippen LogP contribution in [0, 0.1) is 6.92 Å². The van der Waals surface area contributed by atoms with Crippen LogP contribution in [0.3, 0.4) is 0 Å². The summed E-state index contributed by atoms with van der Waals surface area (Å²) >= 11 is 0. The molecule has 0 saturated heterocycles. The van der Waals surface area contributed by atoms with Crippen molar-refractivity contribution in [2.24, 2.45) is 5.73 Å². The summed E-state index contributed by atoms with van der Waals surface area (Å²) in [6.07, 6.45) is 3.93. The predicted octanol–water partition coefficient (Wildman–Crippen LogP) is 1.84. The number of hydrogen-bond acceptors (Lipinski definition) is 2. The van der Waals surface area contributed by atoms with Gasteiger partial charge < -0.3 is 10.7 Å². The quantitative estimate of drug-likeness (QED) is 0.753. The largest absolute Gasteiger partial charge is 0.342 e. The van der Waals surface area contributed by atoms with Gasteiger partial charge in [-0.05, 0) is 13.0 Å². The second-order valence-corrected chi connectivity index (χ2v) is 3.20. The fourth-order valence-corrected chi connectivity index (χ4v) is 1.51. The van der Waals surface area contributed by atoms with Crippen LogP contribution < -0.4 is 5.73 Å². The van der Waals surface area contributed by atoms with Gasteiger partial charge in [-0.15, -0.1) is 0 Å². The lowest BCUT2D eigenvalue weighted by Crippen LogP contribution is -1.92. The number of fused-ring (bicyclic) bond motifs is 1. The van der Waals surface area contributed by atoms with E-state index < -0.39 is 0 Å². The van der Waals surface area contributed by atoms with Crippen LogP contribution in [0.1, 0.15) is 11.4 Å². The zero-order chi connectivity index (χ0) is 9.97. The Labute approximate surface area is 82.7 Å². The third-order valence-electron chi connectivity index (χ3n) is 2.10. The van der Waals surface area contributed by atoms with Gasteiger partial charge in [0.25, 0.3) is 0 Å². The molecule has 0 aliphatic rings. The van der Waals surface area contributed by atoms with Crippen LogP contribution in [0.5, 0.6) is 0 Å². The summed E-state index contributed by atoms with van der Waals surface area (Å²) in [6, 6.07) is 6.07. The molecule has 3 N–H and O–H groups in total. The van der Waals surface area contributed by atoms with E-state index in [2.05, 4.69) is 9.97 Å². The Morgan fingerprint density at radius 2 is 2.36 bits per heavy atom. The minimum absolute atomic E-state index is 0.555. The monoisotopic (exact) mass is 187 g/mol. The average molecular weight is 187 g/mol. The molecule has 1 aromatic carbocycles. The van der Waals surface area contributed by atoms with E-state index in [4.69, 9.17) is 5.73 Å². The SMILES string of the molecule is Cc1nc2c(/C=C/CN)cccc2[nH]1. The molecule has 1 aromatic heterocycles. The molecule has 0 aliphatic carbocycles. The Hall–Kier alpha value is -1.61. The Morgan fingerprint density at radius 3 is 3.14 bits per heavy atom. The van der Waals surface area contributed by atoms with Crippen molar-refractivity contribution < 1.29 is 0 Å². The minimum atomic E-state index is 0.555. The molecule has 0 fully saturated rings. The van der Waals surface area contributed by atoms with Gasteiger partial charge in [0.05, 0.1) is 11.0 Å². The molecule has 2 aromatic rings. The number of nitrogens with two attached hydrogens (primary N) is 1. The van der Waals surface area contributed by atoms with Gasteiger partial charge in [0, 0.05) is 12.1 Å². The number of benzene rings is 1. The van der Waals surface area contributed by atoms with Gasteiger partial charge in [0.1, 0.15) is 5.82 Å². The highest BCUT2D eigenvalue weighted by molar-refractivity contribution is 5.84. The number of para-hydroxylation sites is 1. The molecule has 0 amide bonds. The van der Waals surface area contributed by atoms with Crippen LogP contribution in [0.2, 0.25) is 0 Å². The average Bonchev–Trinajstić information content (AvgIpc) is 2.55. The van der Waals surface area contributed by atoms with E-state index in [1.54, 1.807) is 0 Å². The molecule has 0 unspecified atom stereocenters. The molecule has 0 aliphatic heterocycles. The minimum Gasteiger partial charge on any atom is -0.342 e. The normalized spacial score (nSPS) is 11.6. The molecule has 0 spiro atoms. The van der Waals surface area contributed by atoms with Crippen molar-refractivity contribution in [1.29, 1.82) is 0 Å². The number of nitrogens with one attached hydrogen (secondary N) is 1. The van der Waals surface area contributed by atoms with Gasteiger partial charge >= 0.3 is 0 Å². The first-order valence-electron chi connectivity index (χ1n) is 4.63. The van der Waals surface area contributed by atoms with E-state index >= 15 is 0 Å². The van der Waals surface area contributed by atoms with Gasteiger partial charge in [0.15, 0.2) is 0 Å². The van der Waals surface area contributed by atoms with E-state index in [0.717, 1.165) is 22.4 Å². The van der Waals surface area contributed by atoms with Crippen molar-refractivity contribution in [2.75, 3.05) is 6.54 Å². The predicted molar refractivity (Wildman–Crippen MR) is 58.9 cm³/mol. The summed E-state index contributed by atoms with van der Waals surface area (Å²) in [5.74, 6) is 0.939. The van der Waals surface area contributed by atoms with E-state index in [1.165, 1.54) is 0 Å². The van der Waals surface area contributed by atoms with Crippen molar-refractivity contribution in [3.8, 4) is 0 Å². The second kappa shape index (κ2) is 3.64. The van der Waals surface area contributed by atoms with Crippen LogP contribution in [0.25, 0.3) is 17.1 Å². The molecule has 3 heteroatoms. The number of hydrogen-bond donors (Lipinski definition) is 2. The molecule has 0 radical (unpaired) electrons. The molecule has 0 saturated carbocycles. The zero-order valence-electron chi connectivity index (χ0n) is 8.12. The Morgan fingerprint density at radius 1 is 1.50 bits per heavy atom. The summed E-state index contributed by atoms with van der Waals surface area (Å²) in [5.41, 5.74) is 8.60. The van der Waals surface area contributed by atoms with Crippen LogP contribution in [0.15, 0.2) is 24.3 Å². The van der Waals surface area contributed by atoms with E-state index in [-0.39, 0.29) is 0 Å². The van der Waals surface area contributed by atoms with Gasteiger partial charge in [0.2, 0.25) is 0 Å². The Bertz CT molecular complexity index is 468. The van der Waals surface area contributed by atoms with Crippen molar-refractivity contribution in [2.45, 2.75) is 6.92 Å². The fourth-order valence-electron chi connectivity index (χ4n) is 1.51. The van der Waals surface area contributed by atoms with E-state index in [9.17, 15) is 0 Å². The zero-order valence-corrected chi connectivity index (χ0v) is 8.12. The number of aromatic nitrogens is 2. The summed E-state index contributed by atoms with van der Waals surface area (Å²) in [5, 5.41) is 0. The highest BCUT2D eigenvalue weighted by Crippen LogP contribution is 2.17. The molecule has 3 nitrogen and oxygen atoms in total. The standard InChI is InChI=1S/C11H13N3/c1-8-13-10-6-2-4-9(5-3-7-12)11(10)14-8/h2-6H,7,12H2,1H3,(H,13,14)/b5-3+. The maximum atomic E-state index is 5.41. The van der Waals surface area contributed by atoms with Crippen molar-refractivity contribution in [3.63, 3.8) is 0 Å². The number of nitrogens with zero attached hydrogens (tertiary/aromatic N) is 1.